The summed E-state index contributed by atoms with van der Waals surface area (Å²) in [7, 11) is 3.97. The quantitative estimate of drug-likeness (QED) is 0.585. The average molecular weight is 295 g/mol. The van der Waals surface area contributed by atoms with Crippen LogP contribution in [0.25, 0.3) is 0 Å². The van der Waals surface area contributed by atoms with Crippen LogP contribution in [0, 0.1) is 10.1 Å². The minimum Gasteiger partial charge on any atom is -0.370 e. The van der Waals surface area contributed by atoms with Crippen molar-refractivity contribution in [1.29, 1.82) is 0 Å². The van der Waals surface area contributed by atoms with E-state index < -0.39 is 0 Å². The lowest BCUT2D eigenvalue weighted by atomic mass is 10.2. The molecule has 7 heteroatoms. The van der Waals surface area contributed by atoms with Crippen LogP contribution in [0.5, 0.6) is 0 Å². The van der Waals surface area contributed by atoms with Crippen LogP contribution in [0.15, 0.2) is 12.1 Å². The van der Waals surface area contributed by atoms with Crippen LogP contribution in [0.3, 0.4) is 0 Å². The summed E-state index contributed by atoms with van der Waals surface area (Å²) in [5, 5.41) is 14.4. The van der Waals surface area contributed by atoms with Crippen LogP contribution in [0.4, 0.5) is 17.3 Å². The number of hydrogen-bond donors (Lipinski definition) is 1. The van der Waals surface area contributed by atoms with Crippen molar-refractivity contribution in [2.24, 2.45) is 0 Å². The second-order valence-electron chi connectivity index (χ2n) is 5.22. The monoisotopic (exact) mass is 295 g/mol. The molecule has 118 valence electrons. The van der Waals surface area contributed by atoms with E-state index in [-0.39, 0.29) is 16.7 Å². The summed E-state index contributed by atoms with van der Waals surface area (Å²) in [6.07, 6.45) is 0. The molecule has 0 radical (unpaired) electrons. The maximum Gasteiger partial charge on any atom is 0.311 e. The lowest BCUT2D eigenvalue weighted by molar-refractivity contribution is -0.384. The summed E-state index contributed by atoms with van der Waals surface area (Å²) in [4.78, 5) is 19.4. The summed E-state index contributed by atoms with van der Waals surface area (Å²) in [5.74, 6) is 1.09. The van der Waals surface area contributed by atoms with Gasteiger partial charge in [0.15, 0.2) is 0 Å². The molecule has 21 heavy (non-hydrogen) atoms. The summed E-state index contributed by atoms with van der Waals surface area (Å²) in [6, 6.07) is 3.30. The van der Waals surface area contributed by atoms with Gasteiger partial charge in [-0.15, -0.1) is 0 Å². The molecule has 0 aliphatic heterocycles. The molecule has 0 saturated heterocycles. The zero-order valence-electron chi connectivity index (χ0n) is 13.5. The van der Waals surface area contributed by atoms with E-state index in [0.717, 1.165) is 13.1 Å². The number of anilines is 2. The molecule has 1 atom stereocenters. The maximum absolute atomic E-state index is 11.3. The molecule has 0 bridgehead atoms. The fourth-order valence-corrected chi connectivity index (χ4v) is 2.37. The predicted molar refractivity (Wildman–Crippen MR) is 86.1 cm³/mol. The van der Waals surface area contributed by atoms with Gasteiger partial charge in [0.1, 0.15) is 5.82 Å². The van der Waals surface area contributed by atoms with Crippen LogP contribution in [-0.4, -0.2) is 54.6 Å². The highest BCUT2D eigenvalue weighted by Crippen LogP contribution is 2.29. The van der Waals surface area contributed by atoms with Gasteiger partial charge in [-0.2, -0.15) is 0 Å². The second-order valence-corrected chi connectivity index (χ2v) is 5.22. The van der Waals surface area contributed by atoms with E-state index in [1.54, 1.807) is 6.07 Å². The highest BCUT2D eigenvalue weighted by Gasteiger charge is 2.24. The van der Waals surface area contributed by atoms with Crippen molar-refractivity contribution in [3.05, 3.63) is 22.2 Å². The fraction of sp³-hybridized carbons (Fsp3) is 0.643. The topological polar surface area (TPSA) is 74.5 Å². The first kappa shape index (κ1) is 17.2. The highest BCUT2D eigenvalue weighted by atomic mass is 16.6. The van der Waals surface area contributed by atoms with Gasteiger partial charge >= 0.3 is 5.69 Å². The predicted octanol–water partition coefficient (Wildman–Crippen LogP) is 2.20. The lowest BCUT2D eigenvalue weighted by Crippen LogP contribution is -2.40. The molecule has 0 aliphatic rings. The maximum atomic E-state index is 11.3. The third-order valence-corrected chi connectivity index (χ3v) is 3.18. The van der Waals surface area contributed by atoms with Gasteiger partial charge in [0.05, 0.1) is 4.92 Å². The van der Waals surface area contributed by atoms with Crippen LogP contribution >= 0.6 is 0 Å². The van der Waals surface area contributed by atoms with Crippen molar-refractivity contribution < 1.29 is 4.92 Å². The SMILES string of the molecule is CCNc1ccc([N+](=O)[O-])c(N(CC)C(C)CN(C)C)n1. The zero-order chi connectivity index (χ0) is 16.0. The molecule has 0 amide bonds. The lowest BCUT2D eigenvalue weighted by Gasteiger charge is -2.30. The van der Waals surface area contributed by atoms with E-state index in [1.807, 2.05) is 32.8 Å². The molecule has 0 saturated carbocycles. The number of nitro groups is 1. The molecule has 1 aromatic rings. The first-order valence-corrected chi connectivity index (χ1v) is 7.21. The van der Waals surface area contributed by atoms with Gasteiger partial charge in [0.2, 0.25) is 5.82 Å². The third kappa shape index (κ3) is 4.56. The molecule has 0 spiro atoms. The van der Waals surface area contributed by atoms with E-state index in [2.05, 4.69) is 22.1 Å². The molecule has 7 nitrogen and oxygen atoms in total. The number of hydrogen-bond acceptors (Lipinski definition) is 6. The first-order valence-electron chi connectivity index (χ1n) is 7.21. The Labute approximate surface area is 126 Å². The second kappa shape index (κ2) is 7.78. The molecular weight excluding hydrogens is 270 g/mol. The summed E-state index contributed by atoms with van der Waals surface area (Å²) < 4.78 is 0. The average Bonchev–Trinajstić information content (AvgIpc) is 2.39. The van der Waals surface area contributed by atoms with Gasteiger partial charge in [-0.3, -0.25) is 10.1 Å². The minimum absolute atomic E-state index is 0.0455. The Morgan fingerprint density at radius 1 is 1.38 bits per heavy atom. The van der Waals surface area contributed by atoms with Crippen molar-refractivity contribution in [3.8, 4) is 0 Å². The van der Waals surface area contributed by atoms with Crippen molar-refractivity contribution in [2.45, 2.75) is 26.8 Å². The van der Waals surface area contributed by atoms with Crippen molar-refractivity contribution >= 4 is 17.3 Å². The minimum atomic E-state index is -0.372. The molecule has 0 aromatic carbocycles. The van der Waals surface area contributed by atoms with Crippen LogP contribution in [0.2, 0.25) is 0 Å². The van der Waals surface area contributed by atoms with E-state index in [1.165, 1.54) is 6.07 Å². The highest BCUT2D eigenvalue weighted by molar-refractivity contribution is 5.62. The van der Waals surface area contributed by atoms with Gasteiger partial charge in [-0.05, 0) is 40.9 Å². The number of likely N-dealkylation sites (N-methyl/N-ethyl adjacent to an activating group) is 2. The number of nitrogens with one attached hydrogen (secondary N) is 1. The summed E-state index contributed by atoms with van der Waals surface area (Å²) in [6.45, 7) is 8.20. The zero-order valence-corrected chi connectivity index (χ0v) is 13.5. The molecule has 1 aromatic heterocycles. The van der Waals surface area contributed by atoms with E-state index in [9.17, 15) is 10.1 Å². The standard InChI is InChI=1S/C14H25N5O2/c1-6-15-13-9-8-12(19(20)21)14(16-13)18(7-2)11(3)10-17(4)5/h8-9,11H,6-7,10H2,1-5H3,(H,15,16). The Morgan fingerprint density at radius 3 is 2.52 bits per heavy atom. The van der Waals surface area contributed by atoms with E-state index in [4.69, 9.17) is 0 Å². The normalized spacial score (nSPS) is 12.3. The van der Waals surface area contributed by atoms with E-state index >= 15 is 0 Å². The van der Waals surface area contributed by atoms with Gasteiger partial charge in [0, 0.05) is 31.7 Å². The van der Waals surface area contributed by atoms with Gasteiger partial charge in [0.25, 0.3) is 0 Å². The number of pyridine rings is 1. The molecule has 1 unspecified atom stereocenters. The van der Waals surface area contributed by atoms with Crippen LogP contribution in [0.1, 0.15) is 20.8 Å². The number of aromatic nitrogens is 1. The van der Waals surface area contributed by atoms with E-state index in [0.29, 0.717) is 18.2 Å². The van der Waals surface area contributed by atoms with Gasteiger partial charge < -0.3 is 15.1 Å². The summed E-state index contributed by atoms with van der Waals surface area (Å²) in [5.41, 5.74) is 0.0455. The van der Waals surface area contributed by atoms with Crippen molar-refractivity contribution in [3.63, 3.8) is 0 Å². The first-order chi connectivity index (χ1) is 9.90. The Balaban J connectivity index is 3.20. The molecule has 1 N–H and O–H groups in total. The van der Waals surface area contributed by atoms with Crippen molar-refractivity contribution in [1.82, 2.24) is 9.88 Å². The van der Waals surface area contributed by atoms with Crippen LogP contribution < -0.4 is 10.2 Å². The molecule has 0 fully saturated rings. The number of rotatable bonds is 8. The smallest absolute Gasteiger partial charge is 0.311 e. The fourth-order valence-electron chi connectivity index (χ4n) is 2.37. The van der Waals surface area contributed by atoms with Crippen LogP contribution in [-0.2, 0) is 0 Å². The Kier molecular flexibility index (Phi) is 6.36. The molecule has 1 heterocycles. The third-order valence-electron chi connectivity index (χ3n) is 3.18. The Bertz CT molecular complexity index is 478. The van der Waals surface area contributed by atoms with Crippen molar-refractivity contribution in [2.75, 3.05) is 43.9 Å². The molecule has 1 rings (SSSR count). The van der Waals surface area contributed by atoms with Gasteiger partial charge in [-0.1, -0.05) is 0 Å². The number of nitrogens with zero attached hydrogens (tertiary/aromatic N) is 4. The molecule has 0 aliphatic carbocycles. The Morgan fingerprint density at radius 2 is 2.05 bits per heavy atom. The van der Waals surface area contributed by atoms with Gasteiger partial charge in [-0.25, -0.2) is 4.98 Å². The molecular formula is C14H25N5O2. The Hall–Kier alpha value is -1.89. The summed E-state index contributed by atoms with van der Waals surface area (Å²) >= 11 is 0. The largest absolute Gasteiger partial charge is 0.370 e.